The number of amides is 3. The normalized spacial score (nSPS) is 12.4. The molecule has 1 aliphatic heterocycles. The number of benzene rings is 2. The van der Waals surface area contributed by atoms with E-state index in [0.29, 0.717) is 5.69 Å². The van der Waals surface area contributed by atoms with E-state index in [1.165, 1.54) is 0 Å². The fourth-order valence-corrected chi connectivity index (χ4v) is 3.53. The van der Waals surface area contributed by atoms with E-state index >= 15 is 0 Å². The van der Waals surface area contributed by atoms with Gasteiger partial charge in [0.1, 0.15) is 5.82 Å². The van der Waals surface area contributed by atoms with Gasteiger partial charge in [-0.05, 0) is 30.2 Å². The van der Waals surface area contributed by atoms with Gasteiger partial charge in [-0.2, -0.15) is 0 Å². The number of anilines is 2. The zero-order valence-electron chi connectivity index (χ0n) is 16.1. The van der Waals surface area contributed by atoms with E-state index in [2.05, 4.69) is 10.6 Å². The highest BCUT2D eigenvalue weighted by atomic mass is 16.2. The predicted molar refractivity (Wildman–Crippen MR) is 112 cm³/mol. The van der Waals surface area contributed by atoms with E-state index in [1.807, 2.05) is 25.1 Å². The average Bonchev–Trinajstić information content (AvgIpc) is 3.02. The predicted octanol–water partition coefficient (Wildman–Crippen LogP) is 2.12. The van der Waals surface area contributed by atoms with Crippen molar-refractivity contribution in [2.24, 2.45) is 0 Å². The molecular formula is C22H18N4O4. The number of hydrogen-bond donors (Lipinski definition) is 3. The lowest BCUT2D eigenvalue weighted by Gasteiger charge is -2.16. The van der Waals surface area contributed by atoms with Crippen molar-refractivity contribution in [1.82, 2.24) is 9.88 Å². The Kier molecular flexibility index (Phi) is 4.67. The summed E-state index contributed by atoms with van der Waals surface area (Å²) in [5.41, 5.74) is 7.37. The van der Waals surface area contributed by atoms with Gasteiger partial charge in [0, 0.05) is 11.8 Å². The minimum atomic E-state index is -0.681. The number of hydrogen-bond acceptors (Lipinski definition) is 5. The van der Waals surface area contributed by atoms with Crippen LogP contribution in [0.25, 0.3) is 5.69 Å². The molecule has 2 heterocycles. The van der Waals surface area contributed by atoms with E-state index in [9.17, 15) is 19.2 Å². The van der Waals surface area contributed by atoms with Crippen molar-refractivity contribution in [3.63, 3.8) is 0 Å². The van der Waals surface area contributed by atoms with Crippen LogP contribution in [-0.4, -0.2) is 22.3 Å². The lowest BCUT2D eigenvalue weighted by molar-refractivity contribution is 0.0879. The molecule has 30 heavy (non-hydrogen) atoms. The van der Waals surface area contributed by atoms with Crippen LogP contribution in [0, 0.1) is 0 Å². The number of carbonyl (C=O) groups excluding carboxylic acids is 3. The maximum absolute atomic E-state index is 13.0. The first-order chi connectivity index (χ1) is 14.4. The first kappa shape index (κ1) is 19.1. The van der Waals surface area contributed by atoms with Crippen molar-refractivity contribution in [3.8, 4) is 5.69 Å². The Bertz CT molecular complexity index is 1280. The SMILES string of the molecule is CCc1ccccc1NC(=O)c1ccccc1-n1c(N)c2c(cc1=O)C(=O)NC2=O. The fraction of sp³-hybridized carbons (Fsp3) is 0.0909. The minimum absolute atomic E-state index is 0.0717. The molecule has 0 radical (unpaired) electrons. The molecule has 4 N–H and O–H groups in total. The van der Waals surface area contributed by atoms with Gasteiger partial charge in [-0.3, -0.25) is 29.1 Å². The number of para-hydroxylation sites is 2. The highest BCUT2D eigenvalue weighted by Crippen LogP contribution is 2.25. The monoisotopic (exact) mass is 402 g/mol. The van der Waals surface area contributed by atoms with Gasteiger partial charge in [-0.15, -0.1) is 0 Å². The number of nitrogens with one attached hydrogen (secondary N) is 2. The molecule has 0 spiro atoms. The number of carbonyl (C=O) groups is 3. The van der Waals surface area contributed by atoms with Crippen molar-refractivity contribution in [3.05, 3.63) is 87.2 Å². The molecule has 4 rings (SSSR count). The molecule has 2 aromatic carbocycles. The van der Waals surface area contributed by atoms with Crippen LogP contribution in [0.5, 0.6) is 0 Å². The van der Waals surface area contributed by atoms with Crippen LogP contribution >= 0.6 is 0 Å². The minimum Gasteiger partial charge on any atom is -0.384 e. The summed E-state index contributed by atoms with van der Waals surface area (Å²) >= 11 is 0. The third kappa shape index (κ3) is 3.04. The van der Waals surface area contributed by atoms with E-state index in [-0.39, 0.29) is 28.2 Å². The summed E-state index contributed by atoms with van der Waals surface area (Å²) in [4.78, 5) is 49.8. The van der Waals surface area contributed by atoms with Gasteiger partial charge in [0.25, 0.3) is 23.3 Å². The summed E-state index contributed by atoms with van der Waals surface area (Å²) in [5.74, 6) is -1.98. The summed E-state index contributed by atoms with van der Waals surface area (Å²) in [5, 5.41) is 4.99. The van der Waals surface area contributed by atoms with Crippen molar-refractivity contribution in [1.29, 1.82) is 0 Å². The molecule has 1 aliphatic rings. The van der Waals surface area contributed by atoms with Gasteiger partial charge in [-0.25, -0.2) is 0 Å². The maximum Gasteiger partial charge on any atom is 0.262 e. The largest absolute Gasteiger partial charge is 0.384 e. The van der Waals surface area contributed by atoms with Crippen LogP contribution in [0.1, 0.15) is 43.6 Å². The summed E-state index contributed by atoms with van der Waals surface area (Å²) in [7, 11) is 0. The van der Waals surface area contributed by atoms with Crippen LogP contribution in [0.15, 0.2) is 59.4 Å². The Labute approximate surface area is 171 Å². The second kappa shape index (κ2) is 7.32. The van der Waals surface area contributed by atoms with Crippen LogP contribution < -0.4 is 21.9 Å². The Hall–Kier alpha value is -4.20. The van der Waals surface area contributed by atoms with Crippen molar-refractivity contribution >= 4 is 29.2 Å². The number of nitrogens with two attached hydrogens (primary N) is 1. The van der Waals surface area contributed by atoms with E-state index < -0.39 is 23.3 Å². The Morgan fingerprint density at radius 3 is 2.50 bits per heavy atom. The zero-order valence-corrected chi connectivity index (χ0v) is 16.1. The van der Waals surface area contributed by atoms with Gasteiger partial charge in [-0.1, -0.05) is 37.3 Å². The topological polar surface area (TPSA) is 123 Å². The van der Waals surface area contributed by atoms with E-state index in [1.54, 1.807) is 30.3 Å². The van der Waals surface area contributed by atoms with Crippen molar-refractivity contribution < 1.29 is 14.4 Å². The van der Waals surface area contributed by atoms with Gasteiger partial charge in [0.15, 0.2) is 0 Å². The number of pyridine rings is 1. The number of fused-ring (bicyclic) bond motifs is 1. The molecule has 1 aromatic heterocycles. The molecule has 0 fully saturated rings. The van der Waals surface area contributed by atoms with Crippen molar-refractivity contribution in [2.75, 3.05) is 11.1 Å². The molecule has 150 valence electrons. The van der Waals surface area contributed by atoms with Crippen LogP contribution in [0.4, 0.5) is 11.5 Å². The van der Waals surface area contributed by atoms with Crippen molar-refractivity contribution in [2.45, 2.75) is 13.3 Å². The molecule has 8 heteroatoms. The van der Waals surface area contributed by atoms with E-state index in [0.717, 1.165) is 22.6 Å². The molecule has 0 saturated carbocycles. The number of aromatic nitrogens is 1. The highest BCUT2D eigenvalue weighted by Gasteiger charge is 2.32. The number of imide groups is 1. The molecule has 0 unspecified atom stereocenters. The molecule has 3 amide bonds. The summed E-state index contributed by atoms with van der Waals surface area (Å²) in [6.07, 6.45) is 0.735. The highest BCUT2D eigenvalue weighted by molar-refractivity contribution is 6.23. The summed E-state index contributed by atoms with van der Waals surface area (Å²) in [6.45, 7) is 1.98. The zero-order chi connectivity index (χ0) is 21.4. The van der Waals surface area contributed by atoms with Gasteiger partial charge in [0.05, 0.1) is 22.4 Å². The molecular weight excluding hydrogens is 384 g/mol. The van der Waals surface area contributed by atoms with Crippen LogP contribution in [0.3, 0.4) is 0 Å². The van der Waals surface area contributed by atoms with Crippen LogP contribution in [0.2, 0.25) is 0 Å². The fourth-order valence-electron chi connectivity index (χ4n) is 3.53. The number of aryl methyl sites for hydroxylation is 1. The quantitative estimate of drug-likeness (QED) is 0.577. The molecule has 0 aliphatic carbocycles. The second-order valence-electron chi connectivity index (χ2n) is 6.76. The molecule has 3 aromatic rings. The van der Waals surface area contributed by atoms with Gasteiger partial charge < -0.3 is 11.1 Å². The number of nitrogens with zero attached hydrogens (tertiary/aromatic N) is 1. The third-order valence-electron chi connectivity index (χ3n) is 4.99. The third-order valence-corrected chi connectivity index (χ3v) is 4.99. The summed E-state index contributed by atoms with van der Waals surface area (Å²) < 4.78 is 1.07. The Morgan fingerprint density at radius 1 is 1.03 bits per heavy atom. The summed E-state index contributed by atoms with van der Waals surface area (Å²) in [6, 6.07) is 14.9. The Morgan fingerprint density at radius 2 is 1.73 bits per heavy atom. The van der Waals surface area contributed by atoms with Crippen LogP contribution in [-0.2, 0) is 6.42 Å². The second-order valence-corrected chi connectivity index (χ2v) is 6.76. The Balaban J connectivity index is 1.83. The molecule has 8 nitrogen and oxygen atoms in total. The lowest BCUT2D eigenvalue weighted by atomic mass is 10.1. The molecule has 0 saturated heterocycles. The first-order valence-electron chi connectivity index (χ1n) is 9.32. The smallest absolute Gasteiger partial charge is 0.262 e. The lowest BCUT2D eigenvalue weighted by Crippen LogP contribution is -2.26. The molecule has 0 bridgehead atoms. The van der Waals surface area contributed by atoms with Gasteiger partial charge in [0.2, 0.25) is 0 Å². The molecule has 0 atom stereocenters. The number of nitrogen functional groups attached to an aromatic ring is 1. The number of rotatable bonds is 4. The van der Waals surface area contributed by atoms with E-state index in [4.69, 9.17) is 5.73 Å². The van der Waals surface area contributed by atoms with Gasteiger partial charge >= 0.3 is 0 Å². The maximum atomic E-state index is 13.0. The first-order valence-corrected chi connectivity index (χ1v) is 9.32. The standard InChI is InChI=1S/C22H18N4O4/c1-2-12-7-3-5-9-15(12)24-20(28)13-8-4-6-10-16(13)26-17(27)11-14-18(19(26)23)22(30)25-21(14)29/h3-11H,2,23H2,1H3,(H,24,28)(H,25,29,30). The average molecular weight is 402 g/mol.